The monoisotopic (exact) mass is 283 g/mol. The number of rotatable bonds is 8. The molecule has 0 aliphatic carbocycles. The van der Waals surface area contributed by atoms with Crippen molar-refractivity contribution in [1.29, 1.82) is 0 Å². The Labute approximate surface area is 120 Å². The molecule has 0 saturated carbocycles. The lowest BCUT2D eigenvalue weighted by Gasteiger charge is -2.08. The molecule has 2 heterocycles. The molecule has 0 bridgehead atoms. The van der Waals surface area contributed by atoms with Gasteiger partial charge in [-0.3, -0.25) is 0 Å². The van der Waals surface area contributed by atoms with E-state index in [9.17, 15) is 0 Å². The van der Waals surface area contributed by atoms with Crippen LogP contribution in [-0.2, 0) is 22.6 Å². The van der Waals surface area contributed by atoms with Crippen LogP contribution >= 0.6 is 11.3 Å². The van der Waals surface area contributed by atoms with Gasteiger partial charge in [0.15, 0.2) is 0 Å². The maximum Gasteiger partial charge on any atom is 0.0727 e. The van der Waals surface area contributed by atoms with Crippen LogP contribution in [0.5, 0.6) is 0 Å². The Morgan fingerprint density at radius 3 is 3.16 bits per heavy atom. The Morgan fingerprint density at radius 1 is 1.53 bits per heavy atom. The second-order valence-electron chi connectivity index (χ2n) is 5.22. The molecule has 1 aliphatic rings. The van der Waals surface area contributed by atoms with Crippen molar-refractivity contribution in [3.05, 3.63) is 21.4 Å². The maximum atomic E-state index is 5.83. The second-order valence-corrected chi connectivity index (χ2v) is 6.56. The fourth-order valence-corrected chi connectivity index (χ4v) is 3.27. The fraction of sp³-hybridized carbons (Fsp3) is 0.733. The summed E-state index contributed by atoms with van der Waals surface area (Å²) in [5, 5.41) is 3.45. The van der Waals surface area contributed by atoms with Crippen molar-refractivity contribution in [2.24, 2.45) is 5.92 Å². The molecule has 4 heteroatoms. The van der Waals surface area contributed by atoms with Gasteiger partial charge in [-0.2, -0.15) is 0 Å². The van der Waals surface area contributed by atoms with Crippen molar-refractivity contribution < 1.29 is 9.47 Å². The predicted molar refractivity (Wildman–Crippen MR) is 79.6 cm³/mol. The Kier molecular flexibility index (Phi) is 6.31. The molecule has 1 saturated heterocycles. The van der Waals surface area contributed by atoms with Crippen LogP contribution < -0.4 is 5.32 Å². The zero-order chi connectivity index (χ0) is 13.5. The van der Waals surface area contributed by atoms with Crippen LogP contribution in [0.4, 0.5) is 0 Å². The topological polar surface area (TPSA) is 30.5 Å². The third-order valence-electron chi connectivity index (χ3n) is 3.43. The summed E-state index contributed by atoms with van der Waals surface area (Å²) in [6.07, 6.45) is 2.33. The highest BCUT2D eigenvalue weighted by Gasteiger charge is 2.15. The van der Waals surface area contributed by atoms with Gasteiger partial charge in [0.25, 0.3) is 0 Å². The lowest BCUT2D eigenvalue weighted by atomic mass is 10.1. The van der Waals surface area contributed by atoms with Crippen molar-refractivity contribution in [3.8, 4) is 0 Å². The van der Waals surface area contributed by atoms with Crippen molar-refractivity contribution in [1.82, 2.24) is 5.32 Å². The molecule has 1 unspecified atom stereocenters. The second kappa shape index (κ2) is 8.00. The van der Waals surface area contributed by atoms with E-state index < -0.39 is 0 Å². The highest BCUT2D eigenvalue weighted by Crippen LogP contribution is 2.23. The van der Waals surface area contributed by atoms with E-state index in [1.807, 2.05) is 11.3 Å². The Morgan fingerprint density at radius 2 is 2.42 bits per heavy atom. The Bertz CT molecular complexity index is 372. The molecule has 1 aliphatic heterocycles. The molecule has 1 fully saturated rings. The Balaban J connectivity index is 1.72. The van der Waals surface area contributed by atoms with Gasteiger partial charge < -0.3 is 14.8 Å². The predicted octanol–water partition coefficient (Wildman–Crippen LogP) is 3.11. The van der Waals surface area contributed by atoms with E-state index in [1.165, 1.54) is 21.7 Å². The number of nitrogens with one attached hydrogen (secondary N) is 1. The van der Waals surface area contributed by atoms with E-state index in [0.717, 1.165) is 45.9 Å². The number of ether oxygens (including phenoxy) is 2. The van der Waals surface area contributed by atoms with E-state index in [0.29, 0.717) is 5.92 Å². The zero-order valence-corrected chi connectivity index (χ0v) is 12.9. The van der Waals surface area contributed by atoms with Crippen molar-refractivity contribution in [2.45, 2.75) is 39.8 Å². The minimum Gasteiger partial charge on any atom is -0.381 e. The third kappa shape index (κ3) is 4.88. The minimum atomic E-state index is 0.602. The number of hydrogen-bond donors (Lipinski definition) is 1. The molecule has 19 heavy (non-hydrogen) atoms. The summed E-state index contributed by atoms with van der Waals surface area (Å²) in [5.74, 6) is 0.602. The van der Waals surface area contributed by atoms with Gasteiger partial charge in [-0.15, -0.1) is 11.3 Å². The number of thiophene rings is 1. The average molecular weight is 283 g/mol. The normalized spacial score (nSPS) is 19.2. The quantitative estimate of drug-likeness (QED) is 0.744. The molecule has 1 aromatic rings. The first-order chi connectivity index (χ1) is 9.29. The molecular formula is C15H25NO2S. The van der Waals surface area contributed by atoms with Gasteiger partial charge in [0, 0.05) is 28.8 Å². The summed E-state index contributed by atoms with van der Waals surface area (Å²) in [6, 6.07) is 2.29. The summed E-state index contributed by atoms with van der Waals surface area (Å²) in [6.45, 7) is 9.79. The molecule has 0 spiro atoms. The molecule has 1 aromatic heterocycles. The van der Waals surface area contributed by atoms with Gasteiger partial charge in [-0.1, -0.05) is 6.92 Å². The molecule has 0 radical (unpaired) electrons. The van der Waals surface area contributed by atoms with E-state index in [1.54, 1.807) is 0 Å². The van der Waals surface area contributed by atoms with Crippen LogP contribution in [0.3, 0.4) is 0 Å². The van der Waals surface area contributed by atoms with Crippen LogP contribution in [0, 0.1) is 12.8 Å². The fourth-order valence-electron chi connectivity index (χ4n) is 2.26. The van der Waals surface area contributed by atoms with Crippen molar-refractivity contribution in [2.75, 3.05) is 26.4 Å². The van der Waals surface area contributed by atoms with Gasteiger partial charge in [0.2, 0.25) is 0 Å². The van der Waals surface area contributed by atoms with Crippen LogP contribution in [0.2, 0.25) is 0 Å². The van der Waals surface area contributed by atoms with E-state index in [4.69, 9.17) is 9.47 Å². The highest BCUT2D eigenvalue weighted by atomic mass is 32.1. The van der Waals surface area contributed by atoms with Crippen LogP contribution in [0.25, 0.3) is 0 Å². The molecule has 0 aromatic carbocycles. The van der Waals surface area contributed by atoms with Gasteiger partial charge >= 0.3 is 0 Å². The lowest BCUT2D eigenvalue weighted by molar-refractivity contribution is 0.0791. The molecule has 108 valence electrons. The van der Waals surface area contributed by atoms with Gasteiger partial charge in [-0.25, -0.2) is 0 Å². The summed E-state index contributed by atoms with van der Waals surface area (Å²) < 4.78 is 11.2. The number of hydrogen-bond acceptors (Lipinski definition) is 4. The maximum absolute atomic E-state index is 5.83. The molecule has 0 amide bonds. The first kappa shape index (κ1) is 15.0. The zero-order valence-electron chi connectivity index (χ0n) is 12.0. The molecular weight excluding hydrogens is 258 g/mol. The summed E-state index contributed by atoms with van der Waals surface area (Å²) in [7, 11) is 0. The minimum absolute atomic E-state index is 0.602. The van der Waals surface area contributed by atoms with Crippen molar-refractivity contribution >= 4 is 11.3 Å². The van der Waals surface area contributed by atoms with Crippen molar-refractivity contribution in [3.63, 3.8) is 0 Å². The molecule has 1 atom stereocenters. The van der Waals surface area contributed by atoms with Crippen LogP contribution in [0.1, 0.15) is 35.1 Å². The first-order valence-electron chi connectivity index (χ1n) is 7.24. The SMILES string of the molecule is CCCNCc1cc(COCC2CCOC2)c(C)s1. The highest BCUT2D eigenvalue weighted by molar-refractivity contribution is 7.12. The van der Waals surface area contributed by atoms with Gasteiger partial charge in [0.1, 0.15) is 0 Å². The van der Waals surface area contributed by atoms with Gasteiger partial charge in [-0.05, 0) is 37.9 Å². The first-order valence-corrected chi connectivity index (χ1v) is 8.05. The van der Waals surface area contributed by atoms with E-state index >= 15 is 0 Å². The lowest BCUT2D eigenvalue weighted by Crippen LogP contribution is -2.12. The third-order valence-corrected chi connectivity index (χ3v) is 4.53. The van der Waals surface area contributed by atoms with Gasteiger partial charge in [0.05, 0.1) is 19.8 Å². The average Bonchev–Trinajstić information content (AvgIpc) is 3.01. The van der Waals surface area contributed by atoms with E-state index in [2.05, 4.69) is 25.2 Å². The molecule has 1 N–H and O–H groups in total. The van der Waals surface area contributed by atoms with Crippen LogP contribution in [-0.4, -0.2) is 26.4 Å². The Hall–Kier alpha value is -0.420. The summed E-state index contributed by atoms with van der Waals surface area (Å²) >= 11 is 1.88. The van der Waals surface area contributed by atoms with E-state index in [-0.39, 0.29) is 0 Å². The van der Waals surface area contributed by atoms with Crippen LogP contribution in [0.15, 0.2) is 6.07 Å². The number of aryl methyl sites for hydroxylation is 1. The molecule has 2 rings (SSSR count). The summed E-state index contributed by atoms with van der Waals surface area (Å²) in [5.41, 5.74) is 1.34. The standard InChI is InChI=1S/C15H25NO2S/c1-3-5-16-8-15-7-14(12(2)19-15)11-18-10-13-4-6-17-9-13/h7,13,16H,3-6,8-11H2,1-2H3. The smallest absolute Gasteiger partial charge is 0.0727 e. The largest absolute Gasteiger partial charge is 0.381 e. The molecule has 3 nitrogen and oxygen atoms in total. The summed E-state index contributed by atoms with van der Waals surface area (Å²) in [4.78, 5) is 2.80.